The molecule has 1 amide bonds. The summed E-state index contributed by atoms with van der Waals surface area (Å²) in [5.74, 6) is -0.528. The first-order chi connectivity index (χ1) is 9.60. The van der Waals surface area contributed by atoms with Crippen molar-refractivity contribution < 1.29 is 4.79 Å². The molecule has 0 bridgehead atoms. The van der Waals surface area contributed by atoms with Gasteiger partial charge in [0.1, 0.15) is 6.04 Å². The van der Waals surface area contributed by atoms with E-state index >= 15 is 0 Å². The standard InChI is InChI=1S/C15H12ClN3O/c16-12-5-2-6-13(8-12)19-14(15(18)20)11-4-1-3-10(7-11)9-17/h1-8,14,19H,(H2,18,20). The van der Waals surface area contributed by atoms with Crippen molar-refractivity contribution >= 4 is 23.2 Å². The second-order valence-corrected chi connectivity index (χ2v) is 4.66. The van der Waals surface area contributed by atoms with Crippen molar-refractivity contribution in [1.82, 2.24) is 0 Å². The molecule has 5 heteroatoms. The van der Waals surface area contributed by atoms with Crippen LogP contribution in [0.2, 0.25) is 5.02 Å². The monoisotopic (exact) mass is 285 g/mol. The maximum Gasteiger partial charge on any atom is 0.244 e. The van der Waals surface area contributed by atoms with Crippen LogP contribution >= 0.6 is 11.6 Å². The zero-order valence-electron chi connectivity index (χ0n) is 10.5. The van der Waals surface area contributed by atoms with Crippen LogP contribution in [-0.2, 0) is 4.79 Å². The molecular weight excluding hydrogens is 274 g/mol. The predicted octanol–water partition coefficient (Wildman–Crippen LogP) is 2.85. The molecule has 0 aromatic heterocycles. The number of anilines is 1. The topological polar surface area (TPSA) is 78.9 Å². The van der Waals surface area contributed by atoms with Crippen molar-refractivity contribution in [3.63, 3.8) is 0 Å². The lowest BCUT2D eigenvalue weighted by molar-refractivity contribution is -0.118. The van der Waals surface area contributed by atoms with Gasteiger partial charge in [-0.05, 0) is 35.9 Å². The number of carbonyl (C=O) groups is 1. The van der Waals surface area contributed by atoms with Gasteiger partial charge in [0.25, 0.3) is 0 Å². The van der Waals surface area contributed by atoms with E-state index in [9.17, 15) is 4.79 Å². The largest absolute Gasteiger partial charge is 0.370 e. The number of halogens is 1. The molecule has 3 N–H and O–H groups in total. The molecule has 0 saturated heterocycles. The Kier molecular flexibility index (Phi) is 4.24. The maximum absolute atomic E-state index is 11.6. The second kappa shape index (κ2) is 6.09. The van der Waals surface area contributed by atoms with Crippen molar-refractivity contribution in [2.24, 2.45) is 5.73 Å². The third kappa shape index (κ3) is 3.28. The number of benzene rings is 2. The van der Waals surface area contributed by atoms with Crippen molar-refractivity contribution in [3.8, 4) is 6.07 Å². The molecule has 0 aliphatic heterocycles. The van der Waals surface area contributed by atoms with Crippen molar-refractivity contribution in [2.75, 3.05) is 5.32 Å². The van der Waals surface area contributed by atoms with Crippen LogP contribution in [0.3, 0.4) is 0 Å². The minimum atomic E-state index is -0.721. The summed E-state index contributed by atoms with van der Waals surface area (Å²) in [6, 6.07) is 15.1. The SMILES string of the molecule is N#Cc1cccc(C(Nc2cccc(Cl)c2)C(N)=O)c1. The van der Waals surface area contributed by atoms with Crippen LogP contribution < -0.4 is 11.1 Å². The number of nitrogens with two attached hydrogens (primary N) is 1. The molecular formula is C15H12ClN3O. The predicted molar refractivity (Wildman–Crippen MR) is 78.2 cm³/mol. The number of nitrogens with zero attached hydrogens (tertiary/aromatic N) is 1. The van der Waals surface area contributed by atoms with E-state index < -0.39 is 11.9 Å². The van der Waals surface area contributed by atoms with Gasteiger partial charge < -0.3 is 11.1 Å². The molecule has 0 spiro atoms. The van der Waals surface area contributed by atoms with Gasteiger partial charge in [0, 0.05) is 10.7 Å². The van der Waals surface area contributed by atoms with E-state index in [4.69, 9.17) is 22.6 Å². The molecule has 1 atom stereocenters. The van der Waals surface area contributed by atoms with Crippen LogP contribution in [-0.4, -0.2) is 5.91 Å². The summed E-state index contributed by atoms with van der Waals surface area (Å²) in [4.78, 5) is 11.6. The average Bonchev–Trinajstić information content (AvgIpc) is 2.44. The van der Waals surface area contributed by atoms with Crippen LogP contribution in [0.1, 0.15) is 17.2 Å². The normalized spacial score (nSPS) is 11.4. The van der Waals surface area contributed by atoms with E-state index in [1.165, 1.54) is 0 Å². The fraction of sp³-hybridized carbons (Fsp3) is 0.0667. The van der Waals surface area contributed by atoms with Gasteiger partial charge in [-0.1, -0.05) is 29.8 Å². The Labute approximate surface area is 121 Å². The quantitative estimate of drug-likeness (QED) is 0.906. The second-order valence-electron chi connectivity index (χ2n) is 4.23. The number of nitriles is 1. The minimum absolute atomic E-state index is 0.474. The zero-order valence-corrected chi connectivity index (χ0v) is 11.3. The fourth-order valence-electron chi connectivity index (χ4n) is 1.85. The molecule has 2 rings (SSSR count). The smallest absolute Gasteiger partial charge is 0.244 e. The molecule has 20 heavy (non-hydrogen) atoms. The summed E-state index contributed by atoms with van der Waals surface area (Å²) in [6.45, 7) is 0. The molecule has 100 valence electrons. The van der Waals surface area contributed by atoms with Gasteiger partial charge in [-0.2, -0.15) is 5.26 Å². The zero-order chi connectivity index (χ0) is 14.5. The lowest BCUT2D eigenvalue weighted by atomic mass is 10.0. The molecule has 4 nitrogen and oxygen atoms in total. The number of hydrogen-bond donors (Lipinski definition) is 2. The Hall–Kier alpha value is -2.51. The Balaban J connectivity index is 2.32. The first-order valence-corrected chi connectivity index (χ1v) is 6.29. The van der Waals surface area contributed by atoms with E-state index in [2.05, 4.69) is 5.32 Å². The minimum Gasteiger partial charge on any atom is -0.370 e. The highest BCUT2D eigenvalue weighted by atomic mass is 35.5. The number of primary amides is 1. The third-order valence-electron chi connectivity index (χ3n) is 2.77. The lowest BCUT2D eigenvalue weighted by Gasteiger charge is -2.17. The summed E-state index contributed by atoms with van der Waals surface area (Å²) in [7, 11) is 0. The number of carbonyl (C=O) groups excluding carboxylic acids is 1. The highest BCUT2D eigenvalue weighted by molar-refractivity contribution is 6.30. The van der Waals surface area contributed by atoms with Crippen molar-refractivity contribution in [3.05, 3.63) is 64.7 Å². The average molecular weight is 286 g/mol. The molecule has 0 saturated carbocycles. The third-order valence-corrected chi connectivity index (χ3v) is 3.00. The summed E-state index contributed by atoms with van der Waals surface area (Å²) >= 11 is 5.90. The molecule has 0 radical (unpaired) electrons. The fourth-order valence-corrected chi connectivity index (χ4v) is 2.04. The lowest BCUT2D eigenvalue weighted by Crippen LogP contribution is -2.27. The molecule has 1 unspecified atom stereocenters. The summed E-state index contributed by atoms with van der Waals surface area (Å²) in [5, 5.41) is 12.5. The Bertz CT molecular complexity index is 679. The van der Waals surface area contributed by atoms with Crippen LogP contribution in [0.5, 0.6) is 0 Å². The molecule has 0 fully saturated rings. The molecule has 0 heterocycles. The van der Waals surface area contributed by atoms with Gasteiger partial charge in [0.05, 0.1) is 11.6 Å². The molecule has 2 aromatic rings. The number of amides is 1. The van der Waals surface area contributed by atoms with E-state index in [1.807, 2.05) is 6.07 Å². The summed E-state index contributed by atoms with van der Waals surface area (Å²) in [5.41, 5.74) is 7.22. The highest BCUT2D eigenvalue weighted by Gasteiger charge is 2.18. The Morgan fingerprint density at radius 3 is 2.65 bits per heavy atom. The van der Waals surface area contributed by atoms with Crippen LogP contribution in [0, 0.1) is 11.3 Å². The highest BCUT2D eigenvalue weighted by Crippen LogP contribution is 2.22. The van der Waals surface area contributed by atoms with Crippen LogP contribution in [0.25, 0.3) is 0 Å². The van der Waals surface area contributed by atoms with E-state index in [1.54, 1.807) is 48.5 Å². The Morgan fingerprint density at radius 1 is 1.25 bits per heavy atom. The summed E-state index contributed by atoms with van der Waals surface area (Å²) < 4.78 is 0. The summed E-state index contributed by atoms with van der Waals surface area (Å²) in [6.07, 6.45) is 0. The van der Waals surface area contributed by atoms with Gasteiger partial charge in [-0.15, -0.1) is 0 Å². The molecule has 0 aliphatic carbocycles. The van der Waals surface area contributed by atoms with E-state index in [-0.39, 0.29) is 0 Å². The number of hydrogen-bond acceptors (Lipinski definition) is 3. The van der Waals surface area contributed by atoms with Gasteiger partial charge >= 0.3 is 0 Å². The van der Waals surface area contributed by atoms with Crippen molar-refractivity contribution in [1.29, 1.82) is 5.26 Å². The maximum atomic E-state index is 11.6. The molecule has 0 aliphatic rings. The van der Waals surface area contributed by atoms with Gasteiger partial charge in [0.2, 0.25) is 5.91 Å². The number of nitrogens with one attached hydrogen (secondary N) is 1. The van der Waals surface area contributed by atoms with Gasteiger partial charge in [-0.25, -0.2) is 0 Å². The first kappa shape index (κ1) is 13.9. The van der Waals surface area contributed by atoms with Gasteiger partial charge in [-0.3, -0.25) is 4.79 Å². The van der Waals surface area contributed by atoms with Crippen LogP contribution in [0.15, 0.2) is 48.5 Å². The first-order valence-electron chi connectivity index (χ1n) is 5.91. The van der Waals surface area contributed by atoms with Crippen LogP contribution in [0.4, 0.5) is 5.69 Å². The van der Waals surface area contributed by atoms with E-state index in [0.717, 1.165) is 0 Å². The van der Waals surface area contributed by atoms with Crippen molar-refractivity contribution in [2.45, 2.75) is 6.04 Å². The Morgan fingerprint density at radius 2 is 2.00 bits per heavy atom. The van der Waals surface area contributed by atoms with Gasteiger partial charge in [0.15, 0.2) is 0 Å². The number of rotatable bonds is 4. The van der Waals surface area contributed by atoms with E-state index in [0.29, 0.717) is 21.8 Å². The molecule has 2 aromatic carbocycles.